The predicted molar refractivity (Wildman–Crippen MR) is 143 cm³/mol. The van der Waals surface area contributed by atoms with Crippen LogP contribution in [0.2, 0.25) is 10.0 Å². The molecule has 0 aromatic heterocycles. The number of sulfonamides is 1. The summed E-state index contributed by atoms with van der Waals surface area (Å²) < 4.78 is 27.7. The number of halogens is 2. The summed E-state index contributed by atoms with van der Waals surface area (Å²) >= 11 is 12.2. The molecule has 184 valence electrons. The van der Waals surface area contributed by atoms with Gasteiger partial charge in [-0.25, -0.2) is 13.8 Å². The third-order valence-electron chi connectivity index (χ3n) is 5.27. The van der Waals surface area contributed by atoms with Crippen LogP contribution in [0.5, 0.6) is 0 Å². The molecular formula is C26H27Cl2N3O3S. The van der Waals surface area contributed by atoms with Gasteiger partial charge in [-0.2, -0.15) is 5.10 Å². The molecule has 0 saturated heterocycles. The fourth-order valence-corrected chi connectivity index (χ4v) is 5.25. The first-order valence-corrected chi connectivity index (χ1v) is 13.1. The molecule has 0 aliphatic rings. The third kappa shape index (κ3) is 6.84. The molecule has 0 saturated carbocycles. The van der Waals surface area contributed by atoms with Crippen molar-refractivity contribution < 1.29 is 13.2 Å². The second kappa shape index (κ2) is 10.8. The number of anilines is 1. The lowest BCUT2D eigenvalue weighted by molar-refractivity contribution is -0.119. The number of benzene rings is 3. The molecule has 0 atom stereocenters. The zero-order valence-corrected chi connectivity index (χ0v) is 22.2. The van der Waals surface area contributed by atoms with Crippen molar-refractivity contribution in [2.75, 3.05) is 10.8 Å². The van der Waals surface area contributed by atoms with Crippen LogP contribution in [0.1, 0.15) is 38.8 Å². The molecule has 0 bridgehead atoms. The molecule has 0 spiro atoms. The van der Waals surface area contributed by atoms with Gasteiger partial charge in [0.25, 0.3) is 15.9 Å². The number of hydrogen-bond donors (Lipinski definition) is 1. The predicted octanol–water partition coefficient (Wildman–Crippen LogP) is 6.03. The lowest BCUT2D eigenvalue weighted by Gasteiger charge is -2.24. The first-order valence-electron chi connectivity index (χ1n) is 10.9. The van der Waals surface area contributed by atoms with Crippen molar-refractivity contribution in [3.63, 3.8) is 0 Å². The number of rotatable bonds is 7. The van der Waals surface area contributed by atoms with E-state index >= 15 is 0 Å². The topological polar surface area (TPSA) is 78.8 Å². The summed E-state index contributed by atoms with van der Waals surface area (Å²) in [6.07, 6.45) is 0. The SMILES string of the molecule is C/C(=N/NC(=O)CN(c1cc(Cl)cc(Cl)c1)S(=O)(=O)c1ccccc1)c1ccc(C(C)(C)C)cc1. The Morgan fingerprint density at radius 1 is 0.943 bits per heavy atom. The molecule has 0 aliphatic heterocycles. The van der Waals surface area contributed by atoms with E-state index in [0.29, 0.717) is 5.71 Å². The summed E-state index contributed by atoms with van der Waals surface area (Å²) in [5.74, 6) is -0.619. The maximum Gasteiger partial charge on any atom is 0.264 e. The molecular weight excluding hydrogens is 505 g/mol. The fraction of sp³-hybridized carbons (Fsp3) is 0.231. The van der Waals surface area contributed by atoms with E-state index in [0.717, 1.165) is 9.87 Å². The van der Waals surface area contributed by atoms with Gasteiger partial charge in [-0.1, -0.05) is 86.4 Å². The Balaban J connectivity index is 1.85. The standard InChI is InChI=1S/C26H27Cl2N3O3S/c1-18(19-10-12-20(13-11-19)26(2,3)4)29-30-25(32)17-31(23-15-21(27)14-22(28)16-23)35(33,34)24-8-6-5-7-9-24/h5-16H,17H2,1-4H3,(H,30,32)/b29-18-. The molecule has 3 aromatic rings. The fourth-order valence-electron chi connectivity index (χ4n) is 3.31. The van der Waals surface area contributed by atoms with Gasteiger partial charge in [-0.15, -0.1) is 0 Å². The highest BCUT2D eigenvalue weighted by Gasteiger charge is 2.27. The molecule has 9 heteroatoms. The van der Waals surface area contributed by atoms with Gasteiger partial charge < -0.3 is 0 Å². The molecule has 1 amide bonds. The van der Waals surface area contributed by atoms with Gasteiger partial charge in [0.05, 0.1) is 16.3 Å². The van der Waals surface area contributed by atoms with Crippen molar-refractivity contribution in [2.24, 2.45) is 5.10 Å². The lowest BCUT2D eigenvalue weighted by Crippen LogP contribution is -2.39. The minimum absolute atomic E-state index is 0.0225. The van der Waals surface area contributed by atoms with Crippen LogP contribution in [0.3, 0.4) is 0 Å². The molecule has 0 unspecified atom stereocenters. The quantitative estimate of drug-likeness (QED) is 0.298. The third-order valence-corrected chi connectivity index (χ3v) is 7.50. The van der Waals surface area contributed by atoms with E-state index < -0.39 is 22.5 Å². The Bertz CT molecular complexity index is 1310. The highest BCUT2D eigenvalue weighted by Crippen LogP contribution is 2.29. The Kier molecular flexibility index (Phi) is 8.26. The molecule has 0 aliphatic carbocycles. The average Bonchev–Trinajstić information content (AvgIpc) is 2.80. The number of carbonyl (C=O) groups excluding carboxylic acids is 1. The van der Waals surface area contributed by atoms with Gasteiger partial charge in [0.15, 0.2) is 0 Å². The summed E-state index contributed by atoms with van der Waals surface area (Å²) in [4.78, 5) is 12.8. The van der Waals surface area contributed by atoms with Crippen LogP contribution in [0.4, 0.5) is 5.69 Å². The van der Waals surface area contributed by atoms with Crippen LogP contribution < -0.4 is 9.73 Å². The van der Waals surface area contributed by atoms with E-state index in [2.05, 4.69) is 31.3 Å². The zero-order valence-electron chi connectivity index (χ0n) is 19.9. The molecule has 3 rings (SSSR count). The van der Waals surface area contributed by atoms with Gasteiger partial charge in [-0.3, -0.25) is 9.10 Å². The van der Waals surface area contributed by atoms with Crippen molar-refractivity contribution in [1.82, 2.24) is 5.43 Å². The maximum absolute atomic E-state index is 13.4. The van der Waals surface area contributed by atoms with E-state index in [-0.39, 0.29) is 26.0 Å². The zero-order chi connectivity index (χ0) is 25.8. The normalized spacial score (nSPS) is 12.3. The van der Waals surface area contributed by atoms with Crippen LogP contribution in [0, 0.1) is 0 Å². The van der Waals surface area contributed by atoms with Crippen LogP contribution >= 0.6 is 23.2 Å². The monoisotopic (exact) mass is 531 g/mol. The Labute approximate surface area is 216 Å². The Morgan fingerprint density at radius 2 is 1.51 bits per heavy atom. The summed E-state index contributed by atoms with van der Waals surface area (Å²) in [7, 11) is -4.09. The van der Waals surface area contributed by atoms with E-state index in [1.54, 1.807) is 25.1 Å². The van der Waals surface area contributed by atoms with E-state index in [9.17, 15) is 13.2 Å². The second-order valence-electron chi connectivity index (χ2n) is 9.01. The van der Waals surface area contributed by atoms with Gasteiger partial charge in [0.2, 0.25) is 0 Å². The largest absolute Gasteiger partial charge is 0.271 e. The summed E-state index contributed by atoms with van der Waals surface area (Å²) in [6.45, 7) is 7.64. The number of nitrogens with zero attached hydrogens (tertiary/aromatic N) is 2. The summed E-state index contributed by atoms with van der Waals surface area (Å²) in [5.41, 5.74) is 5.25. The van der Waals surface area contributed by atoms with Gasteiger partial charge in [-0.05, 0) is 53.8 Å². The first kappa shape index (κ1) is 26.7. The van der Waals surface area contributed by atoms with Crippen molar-refractivity contribution in [2.45, 2.75) is 38.0 Å². The molecule has 1 N–H and O–H groups in total. The van der Waals surface area contributed by atoms with E-state index in [1.165, 1.54) is 35.9 Å². The Hall–Kier alpha value is -2.87. The summed E-state index contributed by atoms with van der Waals surface area (Å²) in [5, 5.41) is 4.65. The molecule has 35 heavy (non-hydrogen) atoms. The number of hydrazone groups is 1. The molecule has 0 radical (unpaired) electrons. The molecule has 0 heterocycles. The maximum atomic E-state index is 13.4. The van der Waals surface area contributed by atoms with Crippen LogP contribution in [-0.2, 0) is 20.2 Å². The number of nitrogens with one attached hydrogen (secondary N) is 1. The minimum atomic E-state index is -4.09. The first-order chi connectivity index (χ1) is 16.4. The van der Waals surface area contributed by atoms with E-state index in [4.69, 9.17) is 23.2 Å². The number of hydrogen-bond acceptors (Lipinski definition) is 4. The van der Waals surface area contributed by atoms with Gasteiger partial charge >= 0.3 is 0 Å². The molecule has 0 fully saturated rings. The van der Waals surface area contributed by atoms with Gasteiger partial charge in [0, 0.05) is 10.0 Å². The smallest absolute Gasteiger partial charge is 0.264 e. The van der Waals surface area contributed by atoms with Crippen molar-refractivity contribution in [3.8, 4) is 0 Å². The highest BCUT2D eigenvalue weighted by molar-refractivity contribution is 7.92. The van der Waals surface area contributed by atoms with Crippen LogP contribution in [0.15, 0.2) is 82.8 Å². The lowest BCUT2D eigenvalue weighted by atomic mass is 9.86. The van der Waals surface area contributed by atoms with Crippen LogP contribution in [-0.4, -0.2) is 26.6 Å². The van der Waals surface area contributed by atoms with Crippen molar-refractivity contribution in [1.29, 1.82) is 0 Å². The highest BCUT2D eigenvalue weighted by atomic mass is 35.5. The van der Waals surface area contributed by atoms with Crippen molar-refractivity contribution in [3.05, 3.63) is 94.0 Å². The Morgan fingerprint density at radius 3 is 2.06 bits per heavy atom. The van der Waals surface area contributed by atoms with Gasteiger partial charge in [0.1, 0.15) is 6.54 Å². The average molecular weight is 532 g/mol. The molecule has 3 aromatic carbocycles. The number of carbonyl (C=O) groups is 1. The summed E-state index contributed by atoms with van der Waals surface area (Å²) in [6, 6.07) is 20.1. The van der Waals surface area contributed by atoms with E-state index in [1.807, 2.05) is 24.3 Å². The van der Waals surface area contributed by atoms with Crippen molar-refractivity contribution >= 4 is 50.5 Å². The molecule has 6 nitrogen and oxygen atoms in total. The second-order valence-corrected chi connectivity index (χ2v) is 11.7. The minimum Gasteiger partial charge on any atom is -0.271 e. The van der Waals surface area contributed by atoms with Crippen LogP contribution in [0.25, 0.3) is 0 Å². The number of amides is 1.